The van der Waals surface area contributed by atoms with Crippen molar-refractivity contribution in [3.63, 3.8) is 0 Å². The third-order valence-corrected chi connectivity index (χ3v) is 4.08. The van der Waals surface area contributed by atoms with E-state index in [-0.39, 0.29) is 0 Å². The standard InChI is InChI=1S/C15H21Br2NO3/c1-4-21-14-11(16)6-10(7-12(14)17)8-18-13(15(19)20)5-9(2)3/h6-7,9,13,18H,4-5,8H2,1-3H3,(H,19,20). The van der Waals surface area contributed by atoms with Crippen LogP contribution in [0.2, 0.25) is 0 Å². The molecule has 0 saturated heterocycles. The number of carboxylic acids is 1. The predicted octanol–water partition coefficient (Wildman–Crippen LogP) is 4.20. The smallest absolute Gasteiger partial charge is 0.320 e. The van der Waals surface area contributed by atoms with Crippen molar-refractivity contribution in [2.24, 2.45) is 5.92 Å². The molecule has 0 saturated carbocycles. The van der Waals surface area contributed by atoms with Crippen LogP contribution in [0.1, 0.15) is 32.8 Å². The van der Waals surface area contributed by atoms with E-state index in [0.717, 1.165) is 20.3 Å². The van der Waals surface area contributed by atoms with Gasteiger partial charge in [0.1, 0.15) is 11.8 Å². The topological polar surface area (TPSA) is 58.6 Å². The average Bonchev–Trinajstić information content (AvgIpc) is 2.38. The van der Waals surface area contributed by atoms with Gasteiger partial charge in [-0.25, -0.2) is 0 Å². The summed E-state index contributed by atoms with van der Waals surface area (Å²) >= 11 is 6.95. The van der Waals surface area contributed by atoms with Crippen LogP contribution >= 0.6 is 31.9 Å². The highest BCUT2D eigenvalue weighted by Gasteiger charge is 2.18. The van der Waals surface area contributed by atoms with Crippen molar-refractivity contribution < 1.29 is 14.6 Å². The highest BCUT2D eigenvalue weighted by atomic mass is 79.9. The summed E-state index contributed by atoms with van der Waals surface area (Å²) in [6, 6.07) is 3.35. The van der Waals surface area contributed by atoms with Crippen LogP contribution in [0.15, 0.2) is 21.1 Å². The van der Waals surface area contributed by atoms with Crippen molar-refractivity contribution in [2.75, 3.05) is 6.61 Å². The van der Waals surface area contributed by atoms with Crippen molar-refractivity contribution in [1.82, 2.24) is 5.32 Å². The molecule has 1 rings (SSSR count). The zero-order valence-electron chi connectivity index (χ0n) is 12.5. The molecule has 21 heavy (non-hydrogen) atoms. The summed E-state index contributed by atoms with van der Waals surface area (Å²) in [6.07, 6.45) is 0.606. The number of halogens is 2. The molecule has 4 nitrogen and oxygen atoms in total. The first-order chi connectivity index (χ1) is 9.85. The van der Waals surface area contributed by atoms with Crippen LogP contribution in [0, 0.1) is 5.92 Å². The van der Waals surface area contributed by atoms with Crippen molar-refractivity contribution in [1.29, 1.82) is 0 Å². The lowest BCUT2D eigenvalue weighted by Crippen LogP contribution is -2.37. The lowest BCUT2D eigenvalue weighted by Gasteiger charge is -2.17. The first-order valence-corrected chi connectivity index (χ1v) is 8.50. The predicted molar refractivity (Wildman–Crippen MR) is 90.7 cm³/mol. The van der Waals surface area contributed by atoms with Gasteiger partial charge in [-0.05, 0) is 68.8 Å². The lowest BCUT2D eigenvalue weighted by molar-refractivity contribution is -0.140. The molecule has 0 aliphatic carbocycles. The van der Waals surface area contributed by atoms with E-state index < -0.39 is 12.0 Å². The first kappa shape index (κ1) is 18.5. The quantitative estimate of drug-likeness (QED) is 0.659. The van der Waals surface area contributed by atoms with E-state index in [9.17, 15) is 9.90 Å². The molecule has 0 aliphatic heterocycles. The maximum Gasteiger partial charge on any atom is 0.320 e. The first-order valence-electron chi connectivity index (χ1n) is 6.92. The summed E-state index contributed by atoms with van der Waals surface area (Å²) in [7, 11) is 0. The molecule has 1 aromatic rings. The van der Waals surface area contributed by atoms with E-state index in [1.807, 2.05) is 32.9 Å². The summed E-state index contributed by atoms with van der Waals surface area (Å²) in [4.78, 5) is 11.2. The third-order valence-electron chi connectivity index (χ3n) is 2.90. The van der Waals surface area contributed by atoms with Crippen LogP contribution < -0.4 is 10.1 Å². The SMILES string of the molecule is CCOc1c(Br)cc(CNC(CC(C)C)C(=O)O)cc1Br. The molecular weight excluding hydrogens is 402 g/mol. The van der Waals surface area contributed by atoms with Gasteiger partial charge in [0.15, 0.2) is 0 Å². The Morgan fingerprint density at radius 1 is 1.33 bits per heavy atom. The van der Waals surface area contributed by atoms with Gasteiger partial charge in [0, 0.05) is 6.54 Å². The molecule has 6 heteroatoms. The normalized spacial score (nSPS) is 12.5. The summed E-state index contributed by atoms with van der Waals surface area (Å²) in [5, 5.41) is 12.3. The highest BCUT2D eigenvalue weighted by Crippen LogP contribution is 2.34. The van der Waals surface area contributed by atoms with Gasteiger partial charge in [0.2, 0.25) is 0 Å². The van der Waals surface area contributed by atoms with Crippen molar-refractivity contribution in [3.05, 3.63) is 26.6 Å². The van der Waals surface area contributed by atoms with Gasteiger partial charge in [-0.3, -0.25) is 4.79 Å². The van der Waals surface area contributed by atoms with Gasteiger partial charge in [0.05, 0.1) is 15.6 Å². The van der Waals surface area contributed by atoms with Gasteiger partial charge in [0.25, 0.3) is 0 Å². The van der Waals surface area contributed by atoms with Crippen molar-refractivity contribution >= 4 is 37.8 Å². The minimum Gasteiger partial charge on any atom is -0.492 e. The molecule has 0 aromatic heterocycles. The Kier molecular flexibility index (Phi) is 7.70. The van der Waals surface area contributed by atoms with Crippen molar-refractivity contribution in [3.8, 4) is 5.75 Å². The Morgan fingerprint density at radius 3 is 2.33 bits per heavy atom. The maximum atomic E-state index is 11.2. The molecular formula is C15H21Br2NO3. The molecule has 0 aliphatic rings. The fourth-order valence-corrected chi connectivity index (χ4v) is 3.49. The van der Waals surface area contributed by atoms with Crippen LogP contribution in [-0.2, 0) is 11.3 Å². The van der Waals surface area contributed by atoms with Crippen LogP contribution in [0.3, 0.4) is 0 Å². The fraction of sp³-hybridized carbons (Fsp3) is 0.533. The number of nitrogens with one attached hydrogen (secondary N) is 1. The minimum atomic E-state index is -0.812. The largest absolute Gasteiger partial charge is 0.492 e. The Bertz CT molecular complexity index is 469. The van der Waals surface area contributed by atoms with E-state index in [1.54, 1.807) is 0 Å². The second kappa shape index (κ2) is 8.76. The van der Waals surface area contributed by atoms with Gasteiger partial charge < -0.3 is 15.2 Å². The van der Waals surface area contributed by atoms with E-state index in [2.05, 4.69) is 37.2 Å². The summed E-state index contributed by atoms with van der Waals surface area (Å²) in [6.45, 7) is 7.04. The number of aliphatic carboxylic acids is 1. The molecule has 0 heterocycles. The Morgan fingerprint density at radius 2 is 1.90 bits per heavy atom. The monoisotopic (exact) mass is 421 g/mol. The number of carbonyl (C=O) groups is 1. The Balaban J connectivity index is 2.76. The number of hydrogen-bond acceptors (Lipinski definition) is 3. The molecule has 1 atom stereocenters. The van der Waals surface area contributed by atoms with Gasteiger partial charge in [-0.1, -0.05) is 13.8 Å². The Labute approximate surface area is 142 Å². The molecule has 2 N–H and O–H groups in total. The zero-order chi connectivity index (χ0) is 16.0. The van der Waals surface area contributed by atoms with Crippen LogP contribution in [0.5, 0.6) is 5.75 Å². The molecule has 0 amide bonds. The second-order valence-corrected chi connectivity index (χ2v) is 6.93. The zero-order valence-corrected chi connectivity index (χ0v) is 15.6. The molecule has 0 spiro atoms. The number of carboxylic acid groups (broad SMARTS) is 1. The molecule has 0 bridgehead atoms. The minimum absolute atomic E-state index is 0.331. The van der Waals surface area contributed by atoms with Gasteiger partial charge in [-0.2, -0.15) is 0 Å². The molecule has 0 fully saturated rings. The Hall–Kier alpha value is -0.590. The number of hydrogen-bond donors (Lipinski definition) is 2. The van der Waals surface area contributed by atoms with Crippen LogP contribution in [0.4, 0.5) is 0 Å². The molecule has 1 unspecified atom stereocenters. The highest BCUT2D eigenvalue weighted by molar-refractivity contribution is 9.11. The summed E-state index contributed by atoms with van der Waals surface area (Å²) in [5.74, 6) is 0.281. The number of ether oxygens (including phenoxy) is 1. The van der Waals surface area contributed by atoms with Gasteiger partial charge in [-0.15, -0.1) is 0 Å². The number of benzene rings is 1. The molecule has 1 aromatic carbocycles. The molecule has 0 radical (unpaired) electrons. The van der Waals surface area contributed by atoms with Crippen LogP contribution in [0.25, 0.3) is 0 Å². The molecule has 118 valence electrons. The second-order valence-electron chi connectivity index (χ2n) is 5.22. The number of rotatable bonds is 8. The fourth-order valence-electron chi connectivity index (χ4n) is 1.98. The maximum absolute atomic E-state index is 11.2. The summed E-state index contributed by atoms with van der Waals surface area (Å²) in [5.41, 5.74) is 0.993. The third kappa shape index (κ3) is 5.96. The van der Waals surface area contributed by atoms with E-state index >= 15 is 0 Å². The summed E-state index contributed by atoms with van der Waals surface area (Å²) < 4.78 is 7.24. The van der Waals surface area contributed by atoms with Gasteiger partial charge >= 0.3 is 5.97 Å². The van der Waals surface area contributed by atoms with Crippen LogP contribution in [-0.4, -0.2) is 23.7 Å². The van der Waals surface area contributed by atoms with Crippen molar-refractivity contribution in [2.45, 2.75) is 39.8 Å². The van der Waals surface area contributed by atoms with E-state index in [4.69, 9.17) is 4.74 Å². The van der Waals surface area contributed by atoms with E-state index in [1.165, 1.54) is 0 Å². The van der Waals surface area contributed by atoms with E-state index in [0.29, 0.717) is 25.5 Å². The average molecular weight is 423 g/mol. The lowest BCUT2D eigenvalue weighted by atomic mass is 10.0.